The number of morpholine rings is 1. The monoisotopic (exact) mass is 425 g/mol. The molecule has 5 rings (SSSR count). The molecule has 0 radical (unpaired) electrons. The standard InChI is InChI=1S/C26H27N5O/c1-18(20-6-4-3-5-7-20)30-19(2)26-28-15-21(16-29-26)23-8-9-25-24(23)14-22(17-27-25)31-10-12-32-13-11-31/h3-8,14-18,30H,2,9-13H2,1H3/t18-/m1/s1. The van der Waals surface area contributed by atoms with Crippen molar-refractivity contribution >= 4 is 17.0 Å². The van der Waals surface area contributed by atoms with Gasteiger partial charge in [0.1, 0.15) is 0 Å². The Morgan fingerprint density at radius 2 is 1.81 bits per heavy atom. The van der Waals surface area contributed by atoms with E-state index in [0.29, 0.717) is 11.5 Å². The lowest BCUT2D eigenvalue weighted by Crippen LogP contribution is -2.36. The first-order valence-electron chi connectivity index (χ1n) is 11.0. The Bertz CT molecular complexity index is 1130. The van der Waals surface area contributed by atoms with Crippen LogP contribution in [0.15, 0.2) is 67.6 Å². The van der Waals surface area contributed by atoms with Crippen molar-refractivity contribution in [1.29, 1.82) is 0 Å². The lowest BCUT2D eigenvalue weighted by atomic mass is 10.0. The fourth-order valence-electron chi connectivity index (χ4n) is 4.23. The van der Waals surface area contributed by atoms with Gasteiger partial charge in [-0.2, -0.15) is 0 Å². The van der Waals surface area contributed by atoms with Crippen LogP contribution in [0.5, 0.6) is 0 Å². The van der Waals surface area contributed by atoms with E-state index in [0.717, 1.165) is 55.2 Å². The summed E-state index contributed by atoms with van der Waals surface area (Å²) in [5.41, 5.74) is 7.46. The van der Waals surface area contributed by atoms with Gasteiger partial charge in [-0.15, -0.1) is 0 Å². The van der Waals surface area contributed by atoms with Crippen LogP contribution in [0.4, 0.5) is 5.69 Å². The van der Waals surface area contributed by atoms with Crippen molar-refractivity contribution in [1.82, 2.24) is 20.3 Å². The number of fused-ring (bicyclic) bond motifs is 1. The first-order chi connectivity index (χ1) is 15.7. The van der Waals surface area contributed by atoms with E-state index in [-0.39, 0.29) is 6.04 Å². The Balaban J connectivity index is 1.31. The van der Waals surface area contributed by atoms with Crippen LogP contribution in [0, 0.1) is 0 Å². The van der Waals surface area contributed by atoms with Gasteiger partial charge in [0.25, 0.3) is 0 Å². The molecule has 3 aromatic rings. The van der Waals surface area contributed by atoms with E-state index < -0.39 is 0 Å². The smallest absolute Gasteiger partial charge is 0.174 e. The zero-order chi connectivity index (χ0) is 21.9. The molecule has 162 valence electrons. The van der Waals surface area contributed by atoms with E-state index in [1.165, 1.54) is 11.1 Å². The van der Waals surface area contributed by atoms with Gasteiger partial charge in [-0.3, -0.25) is 4.98 Å². The van der Waals surface area contributed by atoms with Gasteiger partial charge in [0.2, 0.25) is 0 Å². The zero-order valence-electron chi connectivity index (χ0n) is 18.3. The first-order valence-corrected chi connectivity index (χ1v) is 11.0. The molecule has 1 aromatic carbocycles. The van der Waals surface area contributed by atoms with Gasteiger partial charge in [0.15, 0.2) is 5.82 Å². The number of aromatic nitrogens is 3. The maximum atomic E-state index is 5.48. The number of nitrogens with zero attached hydrogens (tertiary/aromatic N) is 4. The molecule has 3 heterocycles. The molecule has 2 aromatic heterocycles. The Kier molecular flexibility index (Phi) is 5.69. The number of hydrogen-bond donors (Lipinski definition) is 1. The number of pyridine rings is 1. The second-order valence-electron chi connectivity index (χ2n) is 8.16. The van der Waals surface area contributed by atoms with Crippen LogP contribution < -0.4 is 10.2 Å². The van der Waals surface area contributed by atoms with Crippen LogP contribution >= 0.6 is 0 Å². The summed E-state index contributed by atoms with van der Waals surface area (Å²) in [5, 5.41) is 3.40. The first kappa shape index (κ1) is 20.4. The largest absolute Gasteiger partial charge is 0.378 e. The number of allylic oxidation sites excluding steroid dienone is 1. The van der Waals surface area contributed by atoms with Crippen molar-refractivity contribution in [3.05, 3.63) is 95.9 Å². The topological polar surface area (TPSA) is 63.2 Å². The van der Waals surface area contributed by atoms with Crippen LogP contribution in [0.1, 0.15) is 41.2 Å². The average Bonchev–Trinajstić information content (AvgIpc) is 3.28. The molecule has 0 amide bonds. The van der Waals surface area contributed by atoms with E-state index in [4.69, 9.17) is 9.72 Å². The normalized spacial score (nSPS) is 16.3. The van der Waals surface area contributed by atoms with Crippen LogP contribution in [0.3, 0.4) is 0 Å². The fourth-order valence-corrected chi connectivity index (χ4v) is 4.23. The molecule has 2 aliphatic rings. The van der Waals surface area contributed by atoms with Gasteiger partial charge < -0.3 is 15.0 Å². The molecule has 0 bridgehead atoms. The summed E-state index contributed by atoms with van der Waals surface area (Å²) in [6, 6.07) is 12.6. The number of nitrogens with one attached hydrogen (secondary N) is 1. The summed E-state index contributed by atoms with van der Waals surface area (Å²) in [4.78, 5) is 16.2. The van der Waals surface area contributed by atoms with Crippen LogP contribution in [0.25, 0.3) is 11.3 Å². The second kappa shape index (κ2) is 8.93. The molecule has 1 N–H and O–H groups in total. The molecule has 0 spiro atoms. The van der Waals surface area contributed by atoms with Gasteiger partial charge in [0, 0.05) is 49.1 Å². The SMILES string of the molecule is C=C(N[C@H](C)c1ccccc1)c1ncc(C2=CCc3ncc(N4CCOCC4)cc32)cn1. The van der Waals surface area contributed by atoms with Crippen molar-refractivity contribution < 1.29 is 4.74 Å². The Morgan fingerprint density at radius 3 is 2.56 bits per heavy atom. The van der Waals surface area contributed by atoms with Gasteiger partial charge in [-0.1, -0.05) is 43.0 Å². The van der Waals surface area contributed by atoms with E-state index >= 15 is 0 Å². The second-order valence-corrected chi connectivity index (χ2v) is 8.16. The lowest BCUT2D eigenvalue weighted by molar-refractivity contribution is 0.122. The summed E-state index contributed by atoms with van der Waals surface area (Å²) >= 11 is 0. The molecule has 1 aliphatic heterocycles. The van der Waals surface area contributed by atoms with Crippen molar-refractivity contribution in [2.45, 2.75) is 19.4 Å². The summed E-state index contributed by atoms with van der Waals surface area (Å²) in [6.45, 7) is 9.56. The van der Waals surface area contributed by atoms with Crippen molar-refractivity contribution in [3.8, 4) is 0 Å². The van der Waals surface area contributed by atoms with Crippen LogP contribution in [-0.4, -0.2) is 41.3 Å². The zero-order valence-corrected chi connectivity index (χ0v) is 18.3. The molecule has 6 heteroatoms. The highest BCUT2D eigenvalue weighted by Crippen LogP contribution is 2.33. The third kappa shape index (κ3) is 4.14. The van der Waals surface area contributed by atoms with Gasteiger partial charge >= 0.3 is 0 Å². The minimum Gasteiger partial charge on any atom is -0.378 e. The lowest BCUT2D eigenvalue weighted by Gasteiger charge is -2.29. The Labute approximate surface area is 188 Å². The van der Waals surface area contributed by atoms with E-state index in [1.54, 1.807) is 0 Å². The van der Waals surface area contributed by atoms with E-state index in [2.05, 4.69) is 58.0 Å². The van der Waals surface area contributed by atoms with Gasteiger partial charge in [-0.05, 0) is 24.1 Å². The Hall–Kier alpha value is -3.51. The molecule has 1 aliphatic carbocycles. The molecule has 32 heavy (non-hydrogen) atoms. The highest BCUT2D eigenvalue weighted by atomic mass is 16.5. The van der Waals surface area contributed by atoms with Gasteiger partial charge in [-0.25, -0.2) is 9.97 Å². The van der Waals surface area contributed by atoms with Crippen LogP contribution in [-0.2, 0) is 11.2 Å². The van der Waals surface area contributed by atoms with E-state index in [1.807, 2.05) is 36.8 Å². The highest BCUT2D eigenvalue weighted by Gasteiger charge is 2.21. The van der Waals surface area contributed by atoms with Crippen molar-refractivity contribution in [2.75, 3.05) is 31.2 Å². The van der Waals surface area contributed by atoms with Crippen molar-refractivity contribution in [3.63, 3.8) is 0 Å². The number of benzene rings is 1. The number of rotatable bonds is 6. The third-order valence-electron chi connectivity index (χ3n) is 6.04. The summed E-state index contributed by atoms with van der Waals surface area (Å²) in [7, 11) is 0. The predicted molar refractivity (Wildman–Crippen MR) is 127 cm³/mol. The molecule has 1 fully saturated rings. The summed E-state index contributed by atoms with van der Waals surface area (Å²) in [5.74, 6) is 0.607. The summed E-state index contributed by atoms with van der Waals surface area (Å²) < 4.78 is 5.48. The van der Waals surface area contributed by atoms with Crippen LogP contribution in [0.2, 0.25) is 0 Å². The van der Waals surface area contributed by atoms with Crippen molar-refractivity contribution in [2.24, 2.45) is 0 Å². The number of hydrogen-bond acceptors (Lipinski definition) is 6. The highest BCUT2D eigenvalue weighted by molar-refractivity contribution is 5.84. The fraction of sp³-hybridized carbons (Fsp3) is 0.269. The molecule has 0 saturated carbocycles. The molecule has 1 atom stereocenters. The minimum atomic E-state index is 0.126. The number of anilines is 1. The molecule has 0 unspecified atom stereocenters. The molecular weight excluding hydrogens is 398 g/mol. The maximum Gasteiger partial charge on any atom is 0.174 e. The minimum absolute atomic E-state index is 0.126. The average molecular weight is 426 g/mol. The maximum absolute atomic E-state index is 5.48. The molecule has 1 saturated heterocycles. The quantitative estimate of drug-likeness (QED) is 0.644. The Morgan fingerprint density at radius 1 is 1.06 bits per heavy atom. The molecular formula is C26H27N5O. The van der Waals surface area contributed by atoms with E-state index in [9.17, 15) is 0 Å². The van der Waals surface area contributed by atoms with Gasteiger partial charge in [0.05, 0.1) is 36.5 Å². The molecule has 6 nitrogen and oxygen atoms in total. The predicted octanol–water partition coefficient (Wildman–Crippen LogP) is 4.02. The third-order valence-corrected chi connectivity index (χ3v) is 6.04. The summed E-state index contributed by atoms with van der Waals surface area (Å²) in [6.07, 6.45) is 8.78. The number of ether oxygens (including phenoxy) is 1.